The van der Waals surface area contributed by atoms with Gasteiger partial charge in [-0.2, -0.15) is 0 Å². The second kappa shape index (κ2) is 2.74. The number of imidazole rings is 1. The Morgan fingerprint density at radius 2 is 2.21 bits per heavy atom. The lowest BCUT2D eigenvalue weighted by molar-refractivity contribution is 0.767. The average Bonchev–Trinajstić information content (AvgIpc) is 2.90. The van der Waals surface area contributed by atoms with Crippen LogP contribution in [0.3, 0.4) is 0 Å². The van der Waals surface area contributed by atoms with Gasteiger partial charge >= 0.3 is 0 Å². The molecule has 1 aromatic carbocycles. The maximum atomic E-state index is 6.11. The van der Waals surface area contributed by atoms with Crippen molar-refractivity contribution in [1.82, 2.24) is 9.55 Å². The highest BCUT2D eigenvalue weighted by molar-refractivity contribution is 6.29. The summed E-state index contributed by atoms with van der Waals surface area (Å²) in [5.74, 6) is 0. The van der Waals surface area contributed by atoms with Gasteiger partial charge in [-0.1, -0.05) is 6.07 Å². The van der Waals surface area contributed by atoms with Gasteiger partial charge in [0, 0.05) is 6.04 Å². The van der Waals surface area contributed by atoms with Crippen LogP contribution in [0.25, 0.3) is 11.0 Å². The van der Waals surface area contributed by atoms with E-state index < -0.39 is 0 Å². The Labute approximate surface area is 87.5 Å². The van der Waals surface area contributed by atoms with Crippen molar-refractivity contribution in [2.75, 3.05) is 0 Å². The Morgan fingerprint density at radius 1 is 1.43 bits per heavy atom. The molecule has 0 saturated heterocycles. The largest absolute Gasteiger partial charge is 0.312 e. The second-order valence-corrected chi connectivity index (χ2v) is 4.31. The van der Waals surface area contributed by atoms with Crippen LogP contribution in [-0.4, -0.2) is 9.55 Å². The third kappa shape index (κ3) is 1.14. The van der Waals surface area contributed by atoms with E-state index in [0.717, 1.165) is 5.52 Å². The van der Waals surface area contributed by atoms with E-state index in [-0.39, 0.29) is 0 Å². The van der Waals surface area contributed by atoms with Gasteiger partial charge in [0.15, 0.2) is 0 Å². The molecule has 1 aliphatic rings. The summed E-state index contributed by atoms with van der Waals surface area (Å²) >= 11 is 6.11. The molecule has 1 aliphatic carbocycles. The van der Waals surface area contributed by atoms with Gasteiger partial charge in [0.2, 0.25) is 5.28 Å². The number of benzene rings is 1. The van der Waals surface area contributed by atoms with Gasteiger partial charge in [-0.05, 0) is 49.1 Å². The van der Waals surface area contributed by atoms with E-state index in [4.69, 9.17) is 11.6 Å². The number of rotatable bonds is 1. The summed E-state index contributed by atoms with van der Waals surface area (Å²) in [7, 11) is 0. The molecule has 2 nitrogen and oxygen atoms in total. The molecule has 0 bridgehead atoms. The zero-order valence-corrected chi connectivity index (χ0v) is 8.75. The third-order valence-corrected chi connectivity index (χ3v) is 2.98. The van der Waals surface area contributed by atoms with Crippen molar-refractivity contribution in [3.8, 4) is 0 Å². The van der Waals surface area contributed by atoms with Crippen LogP contribution in [0.15, 0.2) is 18.2 Å². The quantitative estimate of drug-likeness (QED) is 0.700. The molecule has 0 aliphatic heterocycles. The van der Waals surface area contributed by atoms with Crippen LogP contribution in [-0.2, 0) is 0 Å². The van der Waals surface area contributed by atoms with Crippen LogP contribution in [0.5, 0.6) is 0 Å². The Morgan fingerprint density at radius 3 is 2.93 bits per heavy atom. The normalized spacial score (nSPS) is 16.4. The molecule has 2 aromatic rings. The molecule has 0 spiro atoms. The first kappa shape index (κ1) is 8.30. The third-order valence-electron chi connectivity index (χ3n) is 2.71. The molecule has 0 N–H and O–H groups in total. The topological polar surface area (TPSA) is 17.8 Å². The van der Waals surface area contributed by atoms with Gasteiger partial charge in [0.1, 0.15) is 0 Å². The van der Waals surface area contributed by atoms with E-state index >= 15 is 0 Å². The zero-order chi connectivity index (χ0) is 9.71. The molecule has 3 heteroatoms. The molecule has 1 aromatic heterocycles. The maximum absolute atomic E-state index is 6.11. The lowest BCUT2D eigenvalue weighted by Gasteiger charge is -2.02. The SMILES string of the molecule is Cc1ccc2nc(Cl)n(C3CC3)c2c1. The standard InChI is InChI=1S/C11H11ClN2/c1-7-2-5-9-10(6-7)14(8-3-4-8)11(12)13-9/h2,5-6,8H,3-4H2,1H3. The monoisotopic (exact) mass is 206 g/mol. The molecule has 3 rings (SSSR count). The summed E-state index contributed by atoms with van der Waals surface area (Å²) in [6, 6.07) is 6.86. The lowest BCUT2D eigenvalue weighted by Crippen LogP contribution is -1.93. The summed E-state index contributed by atoms with van der Waals surface area (Å²) in [6.45, 7) is 2.09. The van der Waals surface area contributed by atoms with Crippen molar-refractivity contribution in [1.29, 1.82) is 0 Å². The first-order valence-electron chi connectivity index (χ1n) is 4.90. The average molecular weight is 207 g/mol. The molecule has 1 fully saturated rings. The van der Waals surface area contributed by atoms with Crippen molar-refractivity contribution in [3.63, 3.8) is 0 Å². The summed E-state index contributed by atoms with van der Waals surface area (Å²) in [6.07, 6.45) is 2.47. The zero-order valence-electron chi connectivity index (χ0n) is 8.00. The fourth-order valence-electron chi connectivity index (χ4n) is 1.85. The van der Waals surface area contributed by atoms with Crippen molar-refractivity contribution >= 4 is 22.6 Å². The molecular weight excluding hydrogens is 196 g/mol. The molecule has 1 saturated carbocycles. The minimum absolute atomic E-state index is 0.592. The fraction of sp³-hybridized carbons (Fsp3) is 0.364. The number of hydrogen-bond donors (Lipinski definition) is 0. The van der Waals surface area contributed by atoms with Crippen LogP contribution in [0, 0.1) is 6.92 Å². The first-order valence-corrected chi connectivity index (χ1v) is 5.27. The molecule has 1 heterocycles. The Bertz CT molecular complexity index is 497. The highest BCUT2D eigenvalue weighted by Crippen LogP contribution is 2.39. The Balaban J connectivity index is 2.34. The summed E-state index contributed by atoms with van der Waals surface area (Å²) in [4.78, 5) is 4.34. The minimum Gasteiger partial charge on any atom is -0.312 e. The minimum atomic E-state index is 0.592. The Kier molecular flexibility index (Phi) is 1.62. The number of nitrogens with zero attached hydrogens (tertiary/aromatic N) is 2. The molecule has 0 radical (unpaired) electrons. The van der Waals surface area contributed by atoms with E-state index in [1.807, 2.05) is 6.07 Å². The van der Waals surface area contributed by atoms with Gasteiger partial charge < -0.3 is 4.57 Å². The van der Waals surface area contributed by atoms with E-state index in [1.165, 1.54) is 23.9 Å². The molecular formula is C11H11ClN2. The molecule has 0 unspecified atom stereocenters. The second-order valence-electron chi connectivity index (χ2n) is 3.97. The lowest BCUT2D eigenvalue weighted by atomic mass is 10.2. The van der Waals surface area contributed by atoms with E-state index in [2.05, 4.69) is 28.6 Å². The number of halogens is 1. The predicted octanol–water partition coefficient (Wildman–Crippen LogP) is 3.33. The highest BCUT2D eigenvalue weighted by atomic mass is 35.5. The summed E-state index contributed by atoms with van der Waals surface area (Å²) < 4.78 is 2.16. The van der Waals surface area contributed by atoms with Crippen molar-refractivity contribution in [2.24, 2.45) is 0 Å². The smallest absolute Gasteiger partial charge is 0.204 e. The van der Waals surface area contributed by atoms with Gasteiger partial charge in [-0.25, -0.2) is 4.98 Å². The van der Waals surface area contributed by atoms with Crippen LogP contribution in [0.2, 0.25) is 5.28 Å². The highest BCUT2D eigenvalue weighted by Gasteiger charge is 2.27. The number of aromatic nitrogens is 2. The van der Waals surface area contributed by atoms with E-state index in [0.29, 0.717) is 11.3 Å². The number of aryl methyl sites for hydroxylation is 1. The van der Waals surface area contributed by atoms with E-state index in [1.54, 1.807) is 0 Å². The van der Waals surface area contributed by atoms with Crippen molar-refractivity contribution in [3.05, 3.63) is 29.0 Å². The molecule has 14 heavy (non-hydrogen) atoms. The van der Waals surface area contributed by atoms with Crippen LogP contribution in [0.4, 0.5) is 0 Å². The maximum Gasteiger partial charge on any atom is 0.204 e. The van der Waals surface area contributed by atoms with Gasteiger partial charge in [0.05, 0.1) is 11.0 Å². The first-order chi connectivity index (χ1) is 6.75. The van der Waals surface area contributed by atoms with Crippen LogP contribution in [0.1, 0.15) is 24.4 Å². The molecule has 72 valence electrons. The van der Waals surface area contributed by atoms with Gasteiger partial charge in [-0.15, -0.1) is 0 Å². The van der Waals surface area contributed by atoms with Crippen molar-refractivity contribution in [2.45, 2.75) is 25.8 Å². The fourth-order valence-corrected chi connectivity index (χ4v) is 2.17. The summed E-state index contributed by atoms with van der Waals surface area (Å²) in [5.41, 5.74) is 3.45. The molecule has 0 atom stereocenters. The summed E-state index contributed by atoms with van der Waals surface area (Å²) in [5, 5.41) is 0.633. The van der Waals surface area contributed by atoms with Crippen molar-refractivity contribution < 1.29 is 0 Å². The van der Waals surface area contributed by atoms with Gasteiger partial charge in [0.25, 0.3) is 0 Å². The Hall–Kier alpha value is -1.02. The predicted molar refractivity (Wildman–Crippen MR) is 57.8 cm³/mol. The molecule has 0 amide bonds. The van der Waals surface area contributed by atoms with Crippen LogP contribution < -0.4 is 0 Å². The van der Waals surface area contributed by atoms with Gasteiger partial charge in [-0.3, -0.25) is 0 Å². The van der Waals surface area contributed by atoms with E-state index in [9.17, 15) is 0 Å². The van der Waals surface area contributed by atoms with Crippen LogP contribution >= 0.6 is 11.6 Å². The number of fused-ring (bicyclic) bond motifs is 1. The number of hydrogen-bond acceptors (Lipinski definition) is 1.